The van der Waals surface area contributed by atoms with Crippen molar-refractivity contribution in [2.24, 2.45) is 11.8 Å². The maximum absolute atomic E-state index is 13.6. The van der Waals surface area contributed by atoms with E-state index in [0.717, 1.165) is 19.3 Å². The SMILES string of the molecule is C=CC(=O)OCCCCOc1ccc(C(=O)Oc2ccc(OC(=O)C3CCC(C(=O)Oc4ccc(OC(=O)c5ccc(OCCCCOC(=O)C=C)cc5)cc4C(=O)OCCOC)CC3)c(C(=O)OCCOC)c2)cc1.CC.CCCC.CO. The van der Waals surface area contributed by atoms with Gasteiger partial charge >= 0.3 is 47.8 Å². The normalized spacial score (nSPS) is 12.9. The van der Waals surface area contributed by atoms with Crippen LogP contribution >= 0.6 is 0 Å². The number of methoxy groups -OCH3 is 2. The van der Waals surface area contributed by atoms with Crippen molar-refractivity contribution in [3.8, 4) is 34.5 Å². The minimum absolute atomic E-state index is 0.0356. The zero-order valence-electron chi connectivity index (χ0n) is 49.1. The molecule has 1 N–H and O–H groups in total. The third-order valence-electron chi connectivity index (χ3n) is 11.7. The third-order valence-corrected chi connectivity index (χ3v) is 11.7. The molecule has 84 heavy (non-hydrogen) atoms. The number of aliphatic hydroxyl groups excluding tert-OH is 1. The van der Waals surface area contributed by atoms with Crippen molar-refractivity contribution in [2.75, 3.05) is 74.2 Å². The minimum Gasteiger partial charge on any atom is -0.494 e. The molecule has 0 heterocycles. The van der Waals surface area contributed by atoms with Gasteiger partial charge in [0.25, 0.3) is 0 Å². The van der Waals surface area contributed by atoms with Gasteiger partial charge in [0.1, 0.15) is 58.8 Å². The lowest BCUT2D eigenvalue weighted by Gasteiger charge is -2.26. The monoisotopic (exact) mass is 1170 g/mol. The number of carbonyl (C=O) groups excluding carboxylic acids is 8. The van der Waals surface area contributed by atoms with Crippen LogP contribution in [0, 0.1) is 11.8 Å². The van der Waals surface area contributed by atoms with E-state index in [1.165, 1.54) is 87.7 Å². The molecule has 0 amide bonds. The Morgan fingerprint density at radius 1 is 0.440 bits per heavy atom. The summed E-state index contributed by atoms with van der Waals surface area (Å²) in [4.78, 5) is 102. The largest absolute Gasteiger partial charge is 0.494 e. The Kier molecular flexibility index (Phi) is 36.2. The van der Waals surface area contributed by atoms with Crippen molar-refractivity contribution < 1.29 is 100 Å². The van der Waals surface area contributed by atoms with Crippen LogP contribution in [0.4, 0.5) is 0 Å². The second-order valence-corrected chi connectivity index (χ2v) is 17.6. The number of benzene rings is 4. The van der Waals surface area contributed by atoms with Gasteiger partial charge in [0.15, 0.2) is 0 Å². The first-order chi connectivity index (χ1) is 40.7. The van der Waals surface area contributed by atoms with Gasteiger partial charge in [0.05, 0.1) is 62.6 Å². The highest BCUT2D eigenvalue weighted by molar-refractivity contribution is 5.97. The summed E-state index contributed by atoms with van der Waals surface area (Å²) in [6.07, 6.45) is 8.08. The van der Waals surface area contributed by atoms with E-state index in [0.29, 0.717) is 50.4 Å². The average molecular weight is 1170 g/mol. The van der Waals surface area contributed by atoms with Gasteiger partial charge in [-0.3, -0.25) is 9.59 Å². The zero-order chi connectivity index (χ0) is 62.1. The Bertz CT molecular complexity index is 2490. The van der Waals surface area contributed by atoms with Gasteiger partial charge in [-0.2, -0.15) is 0 Å². The number of hydrogen-bond acceptors (Lipinski definition) is 21. The van der Waals surface area contributed by atoms with Crippen LogP contribution in [0.5, 0.6) is 34.5 Å². The molecule has 0 aromatic heterocycles. The summed E-state index contributed by atoms with van der Waals surface area (Å²) in [5, 5.41) is 7.00. The van der Waals surface area contributed by atoms with Gasteiger partial charge in [-0.1, -0.05) is 53.7 Å². The fraction of sp³-hybridized carbons (Fsp3) is 0.429. The molecule has 1 aliphatic carbocycles. The standard InChI is InChI=1S/C56H60O20.C4H10.C2H6.CH4O/c1-5-49(57)69-29-9-7-27-67-41-19-15-39(16-20-41)51(59)73-43-23-25-47(45(35-43)55(63)71-33-31-65-3)75-53(61)37-11-13-38(14-12-37)54(62)76-48-26-24-44(36-46(48)56(64)72-34-32-66-4)74-52(60)40-17-21-42(22-18-40)68-28-8-10-30-70-50(58)6-2;1-3-4-2;2*1-2/h5-6,15-26,35-38H,1-2,7-14,27-34H2,3-4H3;3-4H2,1-2H3;1-2H3;2H,1H3. The number of esters is 8. The highest BCUT2D eigenvalue weighted by Gasteiger charge is 2.34. The third kappa shape index (κ3) is 26.7. The number of aliphatic hydroxyl groups is 1. The van der Waals surface area contributed by atoms with Gasteiger partial charge < -0.3 is 61.9 Å². The Labute approximate surface area is 491 Å². The van der Waals surface area contributed by atoms with E-state index >= 15 is 0 Å². The van der Waals surface area contributed by atoms with Gasteiger partial charge in [-0.15, -0.1) is 0 Å². The first kappa shape index (κ1) is 71.7. The topological polar surface area (TPSA) is 268 Å². The van der Waals surface area contributed by atoms with Crippen LogP contribution in [0.3, 0.4) is 0 Å². The first-order valence-electron chi connectivity index (χ1n) is 27.7. The number of rotatable bonds is 31. The molecule has 1 saturated carbocycles. The van der Waals surface area contributed by atoms with E-state index in [1.807, 2.05) is 13.8 Å². The second kappa shape index (κ2) is 42.4. The van der Waals surface area contributed by atoms with E-state index < -0.39 is 59.6 Å². The van der Waals surface area contributed by atoms with Crippen LogP contribution in [-0.2, 0) is 47.6 Å². The molecule has 0 bridgehead atoms. The molecule has 21 heteroatoms. The highest BCUT2D eigenvalue weighted by atomic mass is 16.6. The molecule has 0 radical (unpaired) electrons. The molecule has 4 aromatic rings. The Morgan fingerprint density at radius 3 is 1.10 bits per heavy atom. The molecule has 4 aromatic carbocycles. The smallest absolute Gasteiger partial charge is 0.343 e. The lowest BCUT2D eigenvalue weighted by atomic mass is 9.82. The van der Waals surface area contributed by atoms with Crippen molar-refractivity contribution in [2.45, 2.75) is 91.9 Å². The second-order valence-electron chi connectivity index (χ2n) is 17.6. The molecule has 0 atom stereocenters. The molecule has 0 spiro atoms. The van der Waals surface area contributed by atoms with Gasteiger partial charge in [-0.05, 0) is 136 Å². The van der Waals surface area contributed by atoms with E-state index in [9.17, 15) is 38.4 Å². The first-order valence-corrected chi connectivity index (χ1v) is 27.7. The molecule has 21 nitrogen and oxygen atoms in total. The lowest BCUT2D eigenvalue weighted by Crippen LogP contribution is -2.31. The summed E-state index contributed by atoms with van der Waals surface area (Å²) in [5.74, 6) is -6.28. The number of hydrogen-bond donors (Lipinski definition) is 1. The summed E-state index contributed by atoms with van der Waals surface area (Å²) in [6, 6.07) is 20.2. The van der Waals surface area contributed by atoms with Crippen molar-refractivity contribution in [1.29, 1.82) is 0 Å². The van der Waals surface area contributed by atoms with Crippen LogP contribution in [-0.4, -0.2) is 127 Å². The molecule has 0 saturated heterocycles. The zero-order valence-corrected chi connectivity index (χ0v) is 49.1. The summed E-state index contributed by atoms with van der Waals surface area (Å²) >= 11 is 0. The number of unbranched alkanes of at least 4 members (excludes halogenated alkanes) is 3. The molecular weight excluding hydrogens is 1090 g/mol. The summed E-state index contributed by atoms with van der Waals surface area (Å²) in [6.45, 7) is 16.2. The van der Waals surface area contributed by atoms with Gasteiger partial charge in [0, 0.05) is 33.5 Å². The van der Waals surface area contributed by atoms with Gasteiger partial charge in [0.2, 0.25) is 0 Å². The van der Waals surface area contributed by atoms with E-state index in [-0.39, 0.29) is 111 Å². The maximum Gasteiger partial charge on any atom is 0.343 e. The summed E-state index contributed by atoms with van der Waals surface area (Å²) in [7, 11) is 3.86. The van der Waals surface area contributed by atoms with Crippen molar-refractivity contribution in [3.05, 3.63) is 132 Å². The maximum atomic E-state index is 13.6. The Balaban J connectivity index is 0.00000285. The molecule has 5 rings (SSSR count). The average Bonchev–Trinajstić information content (AvgIpc) is 3.52. The molecule has 1 fully saturated rings. The van der Waals surface area contributed by atoms with E-state index in [4.69, 9.17) is 61.9 Å². The summed E-state index contributed by atoms with van der Waals surface area (Å²) in [5.41, 5.74) is -0.0170. The predicted molar refractivity (Wildman–Crippen MR) is 309 cm³/mol. The Morgan fingerprint density at radius 2 is 0.774 bits per heavy atom. The van der Waals surface area contributed by atoms with Crippen LogP contribution in [0.15, 0.2) is 110 Å². The minimum atomic E-state index is -0.870. The van der Waals surface area contributed by atoms with Crippen molar-refractivity contribution in [3.63, 3.8) is 0 Å². The Hall–Kier alpha value is -8.40. The predicted octanol–water partition coefficient (Wildman–Crippen LogP) is 10.3. The highest BCUT2D eigenvalue weighted by Crippen LogP contribution is 2.34. The fourth-order valence-corrected chi connectivity index (χ4v) is 7.14. The van der Waals surface area contributed by atoms with E-state index in [1.54, 1.807) is 24.3 Å². The fourth-order valence-electron chi connectivity index (χ4n) is 7.14. The number of carbonyl (C=O) groups is 8. The molecule has 458 valence electrons. The lowest BCUT2D eigenvalue weighted by molar-refractivity contribution is -0.145. The number of ether oxygens (including phenoxy) is 12. The molecule has 0 aliphatic heterocycles. The van der Waals surface area contributed by atoms with Gasteiger partial charge in [-0.25, -0.2) is 28.8 Å². The van der Waals surface area contributed by atoms with Crippen LogP contribution in [0.1, 0.15) is 133 Å². The van der Waals surface area contributed by atoms with E-state index in [2.05, 4.69) is 27.0 Å². The van der Waals surface area contributed by atoms with Crippen LogP contribution in [0.25, 0.3) is 0 Å². The molecular formula is C63H80O21. The quantitative estimate of drug-likeness (QED) is 0.0161. The summed E-state index contributed by atoms with van der Waals surface area (Å²) < 4.78 is 64.4. The molecule has 0 unspecified atom stereocenters. The van der Waals surface area contributed by atoms with Crippen LogP contribution < -0.4 is 28.4 Å². The van der Waals surface area contributed by atoms with Crippen molar-refractivity contribution >= 4 is 47.8 Å². The van der Waals surface area contributed by atoms with Crippen molar-refractivity contribution in [1.82, 2.24) is 0 Å². The molecule has 1 aliphatic rings. The van der Waals surface area contributed by atoms with Crippen LogP contribution in [0.2, 0.25) is 0 Å².